The summed E-state index contributed by atoms with van der Waals surface area (Å²) in [5, 5.41) is 10.6. The normalized spacial score (nSPS) is 15.0. The molecule has 1 aliphatic heterocycles. The number of amides is 2. The second-order valence-electron chi connectivity index (χ2n) is 7.43. The van der Waals surface area contributed by atoms with Gasteiger partial charge in [-0.1, -0.05) is 11.8 Å². The molecule has 0 unspecified atom stereocenters. The van der Waals surface area contributed by atoms with Gasteiger partial charge in [-0.15, -0.1) is 0 Å². The summed E-state index contributed by atoms with van der Waals surface area (Å²) in [5.74, 6) is -0.245. The number of carbonyl (C=O) groups excluding carboxylic acids is 2. The van der Waals surface area contributed by atoms with Gasteiger partial charge in [-0.3, -0.25) is 24.6 Å². The highest BCUT2D eigenvalue weighted by molar-refractivity contribution is 8.18. The molecular weight excluding hydrogens is 458 g/mol. The maximum atomic E-state index is 12.4. The summed E-state index contributed by atoms with van der Waals surface area (Å²) in [5.41, 5.74) is 3.96. The van der Waals surface area contributed by atoms with Gasteiger partial charge in [0.05, 0.1) is 9.83 Å². The van der Waals surface area contributed by atoms with Crippen molar-refractivity contribution in [3.8, 4) is 5.69 Å². The third-order valence-electron chi connectivity index (χ3n) is 5.32. The quantitative estimate of drug-likeness (QED) is 0.237. The number of aromatic nitrogens is 1. The van der Waals surface area contributed by atoms with E-state index in [1.54, 1.807) is 25.1 Å². The Morgan fingerprint density at radius 3 is 2.18 bits per heavy atom. The van der Waals surface area contributed by atoms with Gasteiger partial charge in [-0.25, -0.2) is 0 Å². The first-order valence-electron chi connectivity index (χ1n) is 10.3. The molecule has 0 aliphatic carbocycles. The number of hydrogen-bond donors (Lipinski definition) is 0. The van der Waals surface area contributed by atoms with Crippen LogP contribution < -0.4 is 0 Å². The molecule has 1 saturated heterocycles. The Balaban J connectivity index is 1.56. The second-order valence-corrected chi connectivity index (χ2v) is 9.57. The van der Waals surface area contributed by atoms with E-state index in [4.69, 9.17) is 0 Å². The summed E-state index contributed by atoms with van der Waals surface area (Å²) in [6, 6.07) is 16.5. The van der Waals surface area contributed by atoms with Crippen LogP contribution in [0.25, 0.3) is 11.8 Å². The van der Waals surface area contributed by atoms with Crippen molar-refractivity contribution < 1.29 is 14.5 Å². The second kappa shape index (κ2) is 9.29. The molecule has 0 bridgehead atoms. The zero-order valence-corrected chi connectivity index (χ0v) is 19.9. The summed E-state index contributed by atoms with van der Waals surface area (Å²) < 4.78 is 2.11. The molecule has 4 rings (SSSR count). The number of benzene rings is 2. The van der Waals surface area contributed by atoms with E-state index in [2.05, 4.69) is 4.57 Å². The van der Waals surface area contributed by atoms with Crippen molar-refractivity contribution in [1.82, 2.24) is 9.47 Å². The summed E-state index contributed by atoms with van der Waals surface area (Å²) in [7, 11) is 0. The molecule has 0 radical (unpaired) electrons. The Kier molecular flexibility index (Phi) is 6.44. The van der Waals surface area contributed by atoms with Crippen LogP contribution in [0.4, 0.5) is 10.5 Å². The smallest absolute Gasteiger partial charge is 0.293 e. The number of nitrogens with zero attached hydrogens (tertiary/aromatic N) is 3. The van der Waals surface area contributed by atoms with Gasteiger partial charge >= 0.3 is 0 Å². The maximum absolute atomic E-state index is 12.4. The van der Waals surface area contributed by atoms with E-state index in [0.29, 0.717) is 11.4 Å². The molecule has 0 N–H and O–H groups in total. The van der Waals surface area contributed by atoms with Crippen LogP contribution in [0, 0.1) is 24.0 Å². The number of imide groups is 1. The van der Waals surface area contributed by atoms with E-state index in [9.17, 15) is 19.7 Å². The summed E-state index contributed by atoms with van der Waals surface area (Å²) in [4.78, 5) is 38.5. The molecule has 1 aliphatic rings. The highest BCUT2D eigenvalue weighted by Gasteiger charge is 2.33. The number of rotatable bonds is 6. The van der Waals surface area contributed by atoms with Crippen LogP contribution in [-0.4, -0.2) is 32.1 Å². The van der Waals surface area contributed by atoms with E-state index in [0.717, 1.165) is 44.2 Å². The number of nitro benzene ring substituents is 1. The Morgan fingerprint density at radius 2 is 1.64 bits per heavy atom. The van der Waals surface area contributed by atoms with Gasteiger partial charge in [0.1, 0.15) is 0 Å². The lowest BCUT2D eigenvalue weighted by atomic mass is 10.2. The highest BCUT2D eigenvalue weighted by atomic mass is 32.2. The van der Waals surface area contributed by atoms with Crippen LogP contribution in [-0.2, 0) is 4.79 Å². The van der Waals surface area contributed by atoms with Gasteiger partial charge in [0.25, 0.3) is 16.8 Å². The summed E-state index contributed by atoms with van der Waals surface area (Å²) in [6.45, 7) is 6.14. The SMILES string of the molecule is CCN1C(=O)S/C(=C/c2cc(C)n(-c3ccc(Sc4ccc([N+](=O)[O-])cc4)cc3)c2C)C1=O. The van der Waals surface area contributed by atoms with E-state index in [-0.39, 0.29) is 16.8 Å². The Morgan fingerprint density at radius 1 is 1.03 bits per heavy atom. The largest absolute Gasteiger partial charge is 0.318 e. The van der Waals surface area contributed by atoms with Crippen molar-refractivity contribution in [3.05, 3.63) is 86.6 Å². The third-order valence-corrected chi connectivity index (χ3v) is 7.25. The molecule has 3 aromatic rings. The molecule has 2 amide bonds. The Bertz CT molecular complexity index is 1280. The minimum absolute atomic E-state index is 0.0727. The molecule has 33 heavy (non-hydrogen) atoms. The molecule has 0 saturated carbocycles. The van der Waals surface area contributed by atoms with Crippen LogP contribution in [0.5, 0.6) is 0 Å². The van der Waals surface area contributed by atoms with Gasteiger partial charge in [0.2, 0.25) is 0 Å². The first-order chi connectivity index (χ1) is 15.8. The first kappa shape index (κ1) is 22.9. The highest BCUT2D eigenvalue weighted by Crippen LogP contribution is 2.34. The molecule has 0 atom stereocenters. The number of nitro groups is 1. The standard InChI is InChI=1S/C24H21N3O4S2/c1-4-25-23(28)22(33-24(25)29)14-17-13-15(2)26(16(17)3)18-5-9-20(10-6-18)32-21-11-7-19(8-12-21)27(30)31/h5-14H,4H2,1-3H3/b22-14+. The molecule has 2 aromatic carbocycles. The van der Waals surface area contributed by atoms with Gasteiger partial charge in [-0.2, -0.15) is 0 Å². The van der Waals surface area contributed by atoms with Gasteiger partial charge in [-0.05, 0) is 86.6 Å². The fourth-order valence-corrected chi connectivity index (χ4v) is 5.39. The number of hydrogen-bond acceptors (Lipinski definition) is 6. The average Bonchev–Trinajstić information content (AvgIpc) is 3.22. The molecular formula is C24H21N3O4S2. The molecule has 9 heteroatoms. The van der Waals surface area contributed by atoms with Crippen LogP contribution in [0.1, 0.15) is 23.9 Å². The van der Waals surface area contributed by atoms with Gasteiger partial charge in [0.15, 0.2) is 0 Å². The lowest BCUT2D eigenvalue weighted by molar-refractivity contribution is -0.384. The molecule has 2 heterocycles. The Labute approximate surface area is 199 Å². The van der Waals surface area contributed by atoms with E-state index < -0.39 is 4.92 Å². The first-order valence-corrected chi connectivity index (χ1v) is 11.9. The van der Waals surface area contributed by atoms with E-state index in [1.165, 1.54) is 28.8 Å². The predicted molar refractivity (Wildman–Crippen MR) is 131 cm³/mol. The third kappa shape index (κ3) is 4.60. The van der Waals surface area contributed by atoms with E-state index >= 15 is 0 Å². The topological polar surface area (TPSA) is 85.4 Å². The van der Waals surface area contributed by atoms with Crippen molar-refractivity contribution in [2.75, 3.05) is 6.54 Å². The number of non-ortho nitro benzene ring substituents is 1. The van der Waals surface area contributed by atoms with Crippen molar-refractivity contribution in [3.63, 3.8) is 0 Å². The molecule has 1 fully saturated rings. The van der Waals surface area contributed by atoms with E-state index in [1.807, 2.05) is 44.2 Å². The summed E-state index contributed by atoms with van der Waals surface area (Å²) >= 11 is 2.51. The van der Waals surface area contributed by atoms with Crippen LogP contribution in [0.2, 0.25) is 0 Å². The number of carbonyl (C=O) groups is 2. The monoisotopic (exact) mass is 479 g/mol. The number of thioether (sulfide) groups is 1. The predicted octanol–water partition coefficient (Wildman–Crippen LogP) is 6.21. The maximum Gasteiger partial charge on any atom is 0.293 e. The minimum Gasteiger partial charge on any atom is -0.318 e. The molecule has 0 spiro atoms. The number of likely N-dealkylation sites (N-methyl/N-ethyl adjacent to an activating group) is 1. The minimum atomic E-state index is -0.409. The fourth-order valence-electron chi connectivity index (χ4n) is 3.68. The van der Waals surface area contributed by atoms with Gasteiger partial charge in [0, 0.05) is 45.5 Å². The zero-order valence-electron chi connectivity index (χ0n) is 18.3. The molecule has 7 nitrogen and oxygen atoms in total. The Hall–Kier alpha value is -3.30. The van der Waals surface area contributed by atoms with Crippen molar-refractivity contribution in [2.24, 2.45) is 0 Å². The van der Waals surface area contributed by atoms with Gasteiger partial charge < -0.3 is 4.57 Å². The lowest BCUT2D eigenvalue weighted by Crippen LogP contribution is -2.27. The molecule has 1 aromatic heterocycles. The summed E-state index contributed by atoms with van der Waals surface area (Å²) in [6.07, 6.45) is 1.79. The fraction of sp³-hybridized carbons (Fsp3) is 0.167. The zero-order chi connectivity index (χ0) is 23.7. The lowest BCUT2D eigenvalue weighted by Gasteiger charge is -2.11. The van der Waals surface area contributed by atoms with Crippen LogP contribution >= 0.6 is 23.5 Å². The van der Waals surface area contributed by atoms with Crippen molar-refractivity contribution in [2.45, 2.75) is 30.6 Å². The van der Waals surface area contributed by atoms with Crippen molar-refractivity contribution in [1.29, 1.82) is 0 Å². The van der Waals surface area contributed by atoms with Crippen LogP contribution in [0.15, 0.2) is 69.3 Å². The molecule has 168 valence electrons. The van der Waals surface area contributed by atoms with Crippen molar-refractivity contribution >= 4 is 46.4 Å². The average molecular weight is 480 g/mol. The number of aryl methyl sites for hydroxylation is 1. The van der Waals surface area contributed by atoms with Crippen LogP contribution in [0.3, 0.4) is 0 Å².